The monoisotopic (exact) mass is 249 g/mol. The highest BCUT2D eigenvalue weighted by molar-refractivity contribution is 5.94. The summed E-state index contributed by atoms with van der Waals surface area (Å²) in [5.74, 6) is 0.735. The summed E-state index contributed by atoms with van der Waals surface area (Å²) >= 11 is 0. The number of nitrogens with zero attached hydrogens (tertiary/aromatic N) is 1. The van der Waals surface area contributed by atoms with Gasteiger partial charge in [0.2, 0.25) is 0 Å². The van der Waals surface area contributed by atoms with Crippen LogP contribution in [0.25, 0.3) is 0 Å². The van der Waals surface area contributed by atoms with Gasteiger partial charge in [0.05, 0.1) is 5.56 Å². The predicted octanol–water partition coefficient (Wildman–Crippen LogP) is 2.68. The van der Waals surface area contributed by atoms with Gasteiger partial charge in [0.1, 0.15) is 5.82 Å². The first-order valence-electron chi connectivity index (χ1n) is 6.40. The Balaban J connectivity index is 2.46. The van der Waals surface area contributed by atoms with Crippen LogP contribution in [0.5, 0.6) is 0 Å². The molecule has 0 aliphatic rings. The molecule has 2 N–H and O–H groups in total. The van der Waals surface area contributed by atoms with Crippen LogP contribution in [0.2, 0.25) is 0 Å². The summed E-state index contributed by atoms with van der Waals surface area (Å²) in [6, 6.07) is 3.61. The molecule has 1 aromatic rings. The van der Waals surface area contributed by atoms with Gasteiger partial charge in [-0.3, -0.25) is 4.79 Å². The van der Waals surface area contributed by atoms with Gasteiger partial charge < -0.3 is 10.6 Å². The second kappa shape index (κ2) is 6.38. The minimum absolute atomic E-state index is 0.0604. The van der Waals surface area contributed by atoms with Gasteiger partial charge in [0.25, 0.3) is 5.91 Å². The summed E-state index contributed by atoms with van der Waals surface area (Å²) < 4.78 is 0. The van der Waals surface area contributed by atoms with Crippen LogP contribution in [0.15, 0.2) is 18.3 Å². The van der Waals surface area contributed by atoms with E-state index in [1.165, 1.54) is 0 Å². The van der Waals surface area contributed by atoms with Crippen molar-refractivity contribution in [2.75, 3.05) is 18.4 Å². The Kier molecular flexibility index (Phi) is 5.13. The number of carbonyl (C=O) groups excluding carboxylic acids is 1. The van der Waals surface area contributed by atoms with E-state index in [1.54, 1.807) is 12.3 Å². The summed E-state index contributed by atoms with van der Waals surface area (Å²) in [6.07, 6.45) is 2.56. The van der Waals surface area contributed by atoms with Crippen LogP contribution in [0.1, 0.15) is 44.5 Å². The van der Waals surface area contributed by atoms with Gasteiger partial charge in [0.15, 0.2) is 0 Å². The van der Waals surface area contributed by atoms with Gasteiger partial charge in [-0.2, -0.15) is 0 Å². The fourth-order valence-electron chi connectivity index (χ4n) is 1.47. The average molecular weight is 249 g/mol. The number of carbonyl (C=O) groups is 1. The number of pyridine rings is 1. The van der Waals surface area contributed by atoms with Crippen LogP contribution in [0.3, 0.4) is 0 Å². The smallest absolute Gasteiger partial charge is 0.252 e. The summed E-state index contributed by atoms with van der Waals surface area (Å²) in [7, 11) is 0. The molecule has 0 unspecified atom stereocenters. The summed E-state index contributed by atoms with van der Waals surface area (Å²) in [4.78, 5) is 16.0. The number of rotatable bonds is 5. The largest absolute Gasteiger partial charge is 0.370 e. The van der Waals surface area contributed by atoms with Gasteiger partial charge in [-0.25, -0.2) is 4.98 Å². The molecule has 0 aliphatic heterocycles. The number of hydrogen-bond acceptors (Lipinski definition) is 3. The Hall–Kier alpha value is -1.58. The molecule has 100 valence electrons. The Morgan fingerprint density at radius 1 is 1.33 bits per heavy atom. The molecule has 0 saturated carbocycles. The number of hydrogen-bond donors (Lipinski definition) is 2. The second-order valence-corrected chi connectivity index (χ2v) is 5.53. The average Bonchev–Trinajstić information content (AvgIpc) is 2.28. The normalized spacial score (nSPS) is 11.1. The van der Waals surface area contributed by atoms with E-state index in [4.69, 9.17) is 0 Å². The quantitative estimate of drug-likeness (QED) is 0.843. The SMILES string of the molecule is CCNc1ccc(C(=O)NCCC(C)(C)C)cn1. The highest BCUT2D eigenvalue weighted by Crippen LogP contribution is 2.17. The molecule has 0 spiro atoms. The first kappa shape index (κ1) is 14.5. The maximum Gasteiger partial charge on any atom is 0.252 e. The first-order valence-corrected chi connectivity index (χ1v) is 6.40. The third-order valence-electron chi connectivity index (χ3n) is 2.54. The molecule has 0 radical (unpaired) electrons. The molecule has 0 aromatic carbocycles. The van der Waals surface area contributed by atoms with Crippen LogP contribution in [-0.4, -0.2) is 24.0 Å². The standard InChI is InChI=1S/C14H23N3O/c1-5-15-12-7-6-11(10-17-12)13(18)16-9-8-14(2,3)4/h6-7,10H,5,8-9H2,1-4H3,(H,15,17)(H,16,18). The molecule has 0 bridgehead atoms. The number of aromatic nitrogens is 1. The van der Waals surface area contributed by atoms with Crippen LogP contribution >= 0.6 is 0 Å². The Labute approximate surface area is 109 Å². The zero-order chi connectivity index (χ0) is 13.6. The molecule has 4 nitrogen and oxygen atoms in total. The maximum atomic E-state index is 11.8. The lowest BCUT2D eigenvalue weighted by Gasteiger charge is -2.17. The van der Waals surface area contributed by atoms with Crippen molar-refractivity contribution >= 4 is 11.7 Å². The van der Waals surface area contributed by atoms with Gasteiger partial charge in [0, 0.05) is 19.3 Å². The molecule has 0 aliphatic carbocycles. The van der Waals surface area contributed by atoms with Gasteiger partial charge in [-0.1, -0.05) is 20.8 Å². The summed E-state index contributed by atoms with van der Waals surface area (Å²) in [5, 5.41) is 6.00. The van der Waals surface area contributed by atoms with Crippen molar-refractivity contribution in [1.29, 1.82) is 0 Å². The van der Waals surface area contributed by atoms with E-state index in [0.29, 0.717) is 12.1 Å². The number of nitrogens with one attached hydrogen (secondary N) is 2. The fourth-order valence-corrected chi connectivity index (χ4v) is 1.47. The molecule has 1 heterocycles. The van der Waals surface area contributed by atoms with Crippen molar-refractivity contribution < 1.29 is 4.79 Å². The lowest BCUT2D eigenvalue weighted by Crippen LogP contribution is -2.27. The molecular formula is C14H23N3O. The first-order chi connectivity index (χ1) is 8.42. The molecule has 0 fully saturated rings. The molecule has 0 saturated heterocycles. The highest BCUT2D eigenvalue weighted by atomic mass is 16.1. The van der Waals surface area contributed by atoms with Crippen LogP contribution in [0, 0.1) is 5.41 Å². The van der Waals surface area contributed by atoms with E-state index in [-0.39, 0.29) is 11.3 Å². The molecular weight excluding hydrogens is 226 g/mol. The van der Waals surface area contributed by atoms with Crippen molar-refractivity contribution in [2.45, 2.75) is 34.1 Å². The van der Waals surface area contributed by atoms with E-state index in [9.17, 15) is 4.79 Å². The third-order valence-corrected chi connectivity index (χ3v) is 2.54. The molecule has 1 rings (SSSR count). The topological polar surface area (TPSA) is 54.0 Å². The molecule has 0 atom stereocenters. The van der Waals surface area contributed by atoms with E-state index in [2.05, 4.69) is 36.4 Å². The lowest BCUT2D eigenvalue weighted by atomic mass is 9.92. The van der Waals surface area contributed by atoms with Crippen molar-refractivity contribution in [3.8, 4) is 0 Å². The van der Waals surface area contributed by atoms with Gasteiger partial charge >= 0.3 is 0 Å². The number of amides is 1. The van der Waals surface area contributed by atoms with Gasteiger partial charge in [-0.05, 0) is 30.9 Å². The maximum absolute atomic E-state index is 11.8. The van der Waals surface area contributed by atoms with E-state index < -0.39 is 0 Å². The zero-order valence-electron chi connectivity index (χ0n) is 11.7. The van der Waals surface area contributed by atoms with Crippen molar-refractivity contribution in [1.82, 2.24) is 10.3 Å². The lowest BCUT2D eigenvalue weighted by molar-refractivity contribution is 0.0949. The van der Waals surface area contributed by atoms with Crippen LogP contribution < -0.4 is 10.6 Å². The van der Waals surface area contributed by atoms with Gasteiger partial charge in [-0.15, -0.1) is 0 Å². The van der Waals surface area contributed by atoms with E-state index in [0.717, 1.165) is 18.8 Å². The third kappa shape index (κ3) is 5.17. The molecule has 1 amide bonds. The summed E-state index contributed by atoms with van der Waals surface area (Å²) in [5.41, 5.74) is 0.839. The van der Waals surface area contributed by atoms with E-state index >= 15 is 0 Å². The van der Waals surface area contributed by atoms with Crippen LogP contribution in [0.4, 0.5) is 5.82 Å². The second-order valence-electron chi connectivity index (χ2n) is 5.53. The molecule has 4 heteroatoms. The minimum Gasteiger partial charge on any atom is -0.370 e. The Morgan fingerprint density at radius 3 is 2.56 bits per heavy atom. The molecule has 1 aromatic heterocycles. The minimum atomic E-state index is -0.0604. The van der Waals surface area contributed by atoms with Crippen LogP contribution in [-0.2, 0) is 0 Å². The fraction of sp³-hybridized carbons (Fsp3) is 0.571. The zero-order valence-corrected chi connectivity index (χ0v) is 11.7. The van der Waals surface area contributed by atoms with Crippen molar-refractivity contribution in [2.24, 2.45) is 5.41 Å². The van der Waals surface area contributed by atoms with Crippen molar-refractivity contribution in [3.63, 3.8) is 0 Å². The van der Waals surface area contributed by atoms with E-state index in [1.807, 2.05) is 13.0 Å². The Bertz CT molecular complexity index is 379. The Morgan fingerprint density at radius 2 is 2.06 bits per heavy atom. The van der Waals surface area contributed by atoms with Crippen molar-refractivity contribution in [3.05, 3.63) is 23.9 Å². The summed E-state index contributed by atoms with van der Waals surface area (Å²) in [6.45, 7) is 10.00. The molecule has 18 heavy (non-hydrogen) atoms. The highest BCUT2D eigenvalue weighted by Gasteiger charge is 2.11. The number of anilines is 1. The predicted molar refractivity (Wildman–Crippen MR) is 74.8 cm³/mol.